The van der Waals surface area contributed by atoms with E-state index in [0.29, 0.717) is 24.4 Å². The van der Waals surface area contributed by atoms with Crippen LogP contribution in [-0.4, -0.2) is 24.2 Å². The summed E-state index contributed by atoms with van der Waals surface area (Å²) in [5.74, 6) is 0.253. The van der Waals surface area contributed by atoms with Crippen molar-refractivity contribution in [2.45, 2.75) is 13.3 Å². The average Bonchev–Trinajstić information content (AvgIpc) is 2.62. The molecule has 0 spiro atoms. The van der Waals surface area contributed by atoms with E-state index in [1.807, 2.05) is 12.3 Å². The van der Waals surface area contributed by atoms with Gasteiger partial charge in [0.2, 0.25) is 0 Å². The van der Waals surface area contributed by atoms with E-state index in [-0.39, 0.29) is 12.5 Å². The molecule has 5 heteroatoms. The van der Waals surface area contributed by atoms with Crippen LogP contribution in [0.5, 0.6) is 0 Å². The average molecular weight is 292 g/mol. The fourth-order valence-corrected chi connectivity index (χ4v) is 2.26. The first-order valence-corrected chi connectivity index (χ1v) is 6.44. The SMILES string of the molecule is CC(CCO)CNC(=O)c1csc(Br)c1. The Morgan fingerprint density at radius 1 is 1.73 bits per heavy atom. The number of rotatable bonds is 5. The van der Waals surface area contributed by atoms with Crippen LogP contribution in [0.25, 0.3) is 0 Å². The molecule has 1 atom stereocenters. The van der Waals surface area contributed by atoms with E-state index in [4.69, 9.17) is 5.11 Å². The van der Waals surface area contributed by atoms with Gasteiger partial charge in [0.25, 0.3) is 5.91 Å². The molecule has 0 bridgehead atoms. The van der Waals surface area contributed by atoms with Crippen molar-refractivity contribution in [2.75, 3.05) is 13.2 Å². The van der Waals surface area contributed by atoms with Gasteiger partial charge in [-0.15, -0.1) is 11.3 Å². The molecule has 15 heavy (non-hydrogen) atoms. The second-order valence-electron chi connectivity index (χ2n) is 3.47. The Kier molecular flexibility index (Phi) is 5.28. The number of carbonyl (C=O) groups is 1. The van der Waals surface area contributed by atoms with Gasteiger partial charge in [-0.2, -0.15) is 0 Å². The summed E-state index contributed by atoms with van der Waals surface area (Å²) >= 11 is 4.80. The van der Waals surface area contributed by atoms with Gasteiger partial charge in [-0.1, -0.05) is 6.92 Å². The van der Waals surface area contributed by atoms with E-state index in [9.17, 15) is 4.79 Å². The number of hydrogen-bond acceptors (Lipinski definition) is 3. The summed E-state index contributed by atoms with van der Waals surface area (Å²) in [4.78, 5) is 11.6. The molecule has 2 N–H and O–H groups in total. The highest BCUT2D eigenvalue weighted by molar-refractivity contribution is 9.11. The first-order valence-electron chi connectivity index (χ1n) is 4.76. The molecular weight excluding hydrogens is 278 g/mol. The molecule has 1 amide bonds. The van der Waals surface area contributed by atoms with Crippen LogP contribution in [-0.2, 0) is 0 Å². The van der Waals surface area contributed by atoms with Crippen LogP contribution in [0.3, 0.4) is 0 Å². The normalized spacial score (nSPS) is 12.5. The summed E-state index contributed by atoms with van der Waals surface area (Å²) in [6.07, 6.45) is 0.716. The molecule has 0 aliphatic carbocycles. The Bertz CT molecular complexity index is 327. The zero-order valence-electron chi connectivity index (χ0n) is 8.50. The highest BCUT2D eigenvalue weighted by atomic mass is 79.9. The Morgan fingerprint density at radius 3 is 3.00 bits per heavy atom. The standard InChI is InChI=1S/C10H14BrNO2S/c1-7(2-3-13)5-12-10(14)8-4-9(11)15-6-8/h4,6-7,13H,2-3,5H2,1H3,(H,12,14). The van der Waals surface area contributed by atoms with E-state index in [1.165, 1.54) is 11.3 Å². The Labute approximate surface area is 102 Å². The second-order valence-corrected chi connectivity index (χ2v) is 5.76. The maximum absolute atomic E-state index is 11.6. The first kappa shape index (κ1) is 12.7. The van der Waals surface area contributed by atoms with Gasteiger partial charge in [0.15, 0.2) is 0 Å². The first-order chi connectivity index (χ1) is 7.13. The monoisotopic (exact) mass is 291 g/mol. The van der Waals surface area contributed by atoms with Gasteiger partial charge in [0.05, 0.1) is 9.35 Å². The zero-order chi connectivity index (χ0) is 11.3. The largest absolute Gasteiger partial charge is 0.396 e. The maximum atomic E-state index is 11.6. The van der Waals surface area contributed by atoms with E-state index >= 15 is 0 Å². The van der Waals surface area contributed by atoms with Gasteiger partial charge >= 0.3 is 0 Å². The minimum atomic E-state index is -0.0539. The highest BCUT2D eigenvalue weighted by Gasteiger charge is 2.09. The summed E-state index contributed by atoms with van der Waals surface area (Å²) < 4.78 is 0.955. The number of aliphatic hydroxyl groups excluding tert-OH is 1. The molecule has 0 radical (unpaired) electrons. The summed E-state index contributed by atoms with van der Waals surface area (Å²) in [5.41, 5.74) is 0.683. The lowest BCUT2D eigenvalue weighted by Gasteiger charge is -2.10. The van der Waals surface area contributed by atoms with Gasteiger partial charge < -0.3 is 10.4 Å². The number of aliphatic hydroxyl groups is 1. The van der Waals surface area contributed by atoms with Gasteiger partial charge in [-0.3, -0.25) is 4.79 Å². The molecule has 0 aliphatic rings. The Morgan fingerprint density at radius 2 is 2.47 bits per heavy atom. The highest BCUT2D eigenvalue weighted by Crippen LogP contribution is 2.20. The topological polar surface area (TPSA) is 49.3 Å². The molecule has 1 heterocycles. The third-order valence-corrected chi connectivity index (χ3v) is 3.57. The minimum absolute atomic E-state index is 0.0539. The second kappa shape index (κ2) is 6.25. The molecule has 1 aromatic heterocycles. The molecular formula is C10H14BrNO2S. The van der Waals surface area contributed by atoms with Crippen molar-refractivity contribution in [3.8, 4) is 0 Å². The number of nitrogens with one attached hydrogen (secondary N) is 1. The zero-order valence-corrected chi connectivity index (χ0v) is 10.9. The van der Waals surface area contributed by atoms with Crippen LogP contribution >= 0.6 is 27.3 Å². The molecule has 0 aliphatic heterocycles. The summed E-state index contributed by atoms with van der Waals surface area (Å²) in [5, 5.41) is 13.4. The number of carbonyl (C=O) groups excluding carboxylic acids is 1. The summed E-state index contributed by atoms with van der Waals surface area (Å²) in [6, 6.07) is 1.80. The third-order valence-electron chi connectivity index (χ3n) is 2.06. The van der Waals surface area contributed by atoms with Crippen LogP contribution in [0.2, 0.25) is 0 Å². The summed E-state index contributed by atoms with van der Waals surface area (Å²) in [6.45, 7) is 2.77. The fourth-order valence-electron chi connectivity index (χ4n) is 1.12. The number of amides is 1. The number of thiophene rings is 1. The molecule has 1 rings (SSSR count). The van der Waals surface area contributed by atoms with Gasteiger partial charge in [-0.25, -0.2) is 0 Å². The maximum Gasteiger partial charge on any atom is 0.252 e. The van der Waals surface area contributed by atoms with Crippen molar-refractivity contribution in [1.82, 2.24) is 5.32 Å². The molecule has 0 saturated heterocycles. The van der Waals surface area contributed by atoms with Crippen LogP contribution in [0, 0.1) is 5.92 Å². The smallest absolute Gasteiger partial charge is 0.252 e. The van der Waals surface area contributed by atoms with Crippen LogP contribution in [0.4, 0.5) is 0 Å². The van der Waals surface area contributed by atoms with Crippen molar-refractivity contribution >= 4 is 33.2 Å². The van der Waals surface area contributed by atoms with Crippen molar-refractivity contribution in [3.63, 3.8) is 0 Å². The minimum Gasteiger partial charge on any atom is -0.396 e. The van der Waals surface area contributed by atoms with Crippen molar-refractivity contribution in [2.24, 2.45) is 5.92 Å². The van der Waals surface area contributed by atoms with Gasteiger partial charge in [0, 0.05) is 18.5 Å². The van der Waals surface area contributed by atoms with Gasteiger partial charge in [-0.05, 0) is 34.3 Å². The van der Waals surface area contributed by atoms with Crippen molar-refractivity contribution in [3.05, 3.63) is 20.8 Å². The van der Waals surface area contributed by atoms with Crippen molar-refractivity contribution < 1.29 is 9.90 Å². The van der Waals surface area contributed by atoms with E-state index < -0.39 is 0 Å². The molecule has 84 valence electrons. The Balaban J connectivity index is 2.36. The predicted molar refractivity (Wildman–Crippen MR) is 65.2 cm³/mol. The lowest BCUT2D eigenvalue weighted by atomic mass is 10.1. The van der Waals surface area contributed by atoms with E-state index in [0.717, 1.165) is 3.79 Å². The molecule has 0 fully saturated rings. The lowest BCUT2D eigenvalue weighted by Crippen LogP contribution is -2.28. The lowest BCUT2D eigenvalue weighted by molar-refractivity contribution is 0.0946. The summed E-state index contributed by atoms with van der Waals surface area (Å²) in [7, 11) is 0. The molecule has 0 saturated carbocycles. The number of hydrogen-bond donors (Lipinski definition) is 2. The third kappa shape index (κ3) is 4.32. The molecule has 0 aromatic carbocycles. The Hall–Kier alpha value is -0.390. The van der Waals surface area contributed by atoms with Crippen LogP contribution in [0.15, 0.2) is 15.2 Å². The van der Waals surface area contributed by atoms with E-state index in [1.54, 1.807) is 6.07 Å². The molecule has 3 nitrogen and oxygen atoms in total. The molecule has 1 unspecified atom stereocenters. The number of halogens is 1. The van der Waals surface area contributed by atoms with E-state index in [2.05, 4.69) is 21.2 Å². The van der Waals surface area contributed by atoms with Gasteiger partial charge in [0.1, 0.15) is 0 Å². The fraction of sp³-hybridized carbons (Fsp3) is 0.500. The quantitative estimate of drug-likeness (QED) is 0.874. The van der Waals surface area contributed by atoms with Crippen molar-refractivity contribution in [1.29, 1.82) is 0 Å². The van der Waals surface area contributed by atoms with Crippen LogP contribution in [0.1, 0.15) is 23.7 Å². The van der Waals surface area contributed by atoms with Crippen LogP contribution < -0.4 is 5.32 Å². The predicted octanol–water partition coefficient (Wildman–Crippen LogP) is 2.26. The molecule has 1 aromatic rings.